The van der Waals surface area contributed by atoms with Gasteiger partial charge in [-0.05, 0) is 31.7 Å². The van der Waals surface area contributed by atoms with Crippen LogP contribution in [0.3, 0.4) is 0 Å². The number of alkyl halides is 3. The number of rotatable bonds is 6. The summed E-state index contributed by atoms with van der Waals surface area (Å²) in [4.78, 5) is 24.7. The molecule has 8 heteroatoms. The molecule has 1 aromatic carbocycles. The van der Waals surface area contributed by atoms with E-state index < -0.39 is 30.5 Å². The molecule has 2 aliphatic rings. The predicted octanol–water partition coefficient (Wildman–Crippen LogP) is 3.04. The average Bonchev–Trinajstić information content (AvgIpc) is 3.23. The van der Waals surface area contributed by atoms with Crippen molar-refractivity contribution in [3.05, 3.63) is 29.8 Å². The summed E-state index contributed by atoms with van der Waals surface area (Å²) in [5.74, 6) is -1.10. The molecule has 1 saturated carbocycles. The third-order valence-electron chi connectivity index (χ3n) is 4.98. The number of carbonyl (C=O) groups is 2. The van der Waals surface area contributed by atoms with E-state index in [1.807, 2.05) is 24.3 Å². The van der Waals surface area contributed by atoms with Crippen molar-refractivity contribution in [3.8, 4) is 5.75 Å². The molecule has 1 unspecified atom stereocenters. The summed E-state index contributed by atoms with van der Waals surface area (Å²) in [6.45, 7) is -1.30. The minimum Gasteiger partial charge on any atom is -0.490 e. The highest BCUT2D eigenvalue weighted by molar-refractivity contribution is 5.89. The Labute approximate surface area is 155 Å². The summed E-state index contributed by atoms with van der Waals surface area (Å²) in [6, 6.07) is 7.40. The Balaban J connectivity index is 1.54. The topological polar surface area (TPSA) is 58.6 Å². The van der Waals surface area contributed by atoms with Crippen LogP contribution in [-0.4, -0.2) is 42.1 Å². The van der Waals surface area contributed by atoms with Crippen LogP contribution >= 0.6 is 0 Å². The third-order valence-corrected chi connectivity index (χ3v) is 4.98. The molecule has 5 nitrogen and oxygen atoms in total. The number of amides is 2. The van der Waals surface area contributed by atoms with Crippen molar-refractivity contribution in [1.82, 2.24) is 10.2 Å². The first kappa shape index (κ1) is 19.5. The zero-order valence-corrected chi connectivity index (χ0v) is 14.9. The molecule has 1 N–H and O–H groups in total. The molecule has 0 spiro atoms. The zero-order valence-electron chi connectivity index (χ0n) is 14.9. The summed E-state index contributed by atoms with van der Waals surface area (Å²) in [5, 5.41) is 2.73. The fraction of sp³-hybridized carbons (Fsp3) is 0.579. The molecular weight excluding hydrogens is 361 g/mol. The van der Waals surface area contributed by atoms with E-state index in [9.17, 15) is 22.8 Å². The summed E-state index contributed by atoms with van der Waals surface area (Å²) in [7, 11) is 0. The van der Waals surface area contributed by atoms with Crippen LogP contribution in [0, 0.1) is 5.92 Å². The lowest BCUT2D eigenvalue weighted by Crippen LogP contribution is -2.37. The van der Waals surface area contributed by atoms with Crippen LogP contribution in [0.5, 0.6) is 5.75 Å². The molecule has 1 saturated heterocycles. The number of carbonyl (C=O) groups excluding carboxylic acids is 2. The SMILES string of the molecule is O=C(NCc1ccccc1OC1CCCC1)C1CC(=O)N(CC(F)(F)F)C1. The summed E-state index contributed by atoms with van der Waals surface area (Å²) < 4.78 is 43.5. The number of hydrogen-bond acceptors (Lipinski definition) is 3. The molecule has 1 aromatic rings. The lowest BCUT2D eigenvalue weighted by Gasteiger charge is -2.19. The zero-order chi connectivity index (χ0) is 19.4. The fourth-order valence-electron chi connectivity index (χ4n) is 3.59. The van der Waals surface area contributed by atoms with E-state index in [1.54, 1.807) is 0 Å². The maximum absolute atomic E-state index is 12.5. The van der Waals surface area contributed by atoms with Crippen LogP contribution in [0.25, 0.3) is 0 Å². The van der Waals surface area contributed by atoms with Crippen molar-refractivity contribution in [2.24, 2.45) is 5.92 Å². The van der Waals surface area contributed by atoms with Gasteiger partial charge in [0.2, 0.25) is 11.8 Å². The van der Waals surface area contributed by atoms with Crippen LogP contribution in [0.4, 0.5) is 13.2 Å². The molecule has 1 aliphatic heterocycles. The van der Waals surface area contributed by atoms with Gasteiger partial charge in [0.05, 0.1) is 12.0 Å². The van der Waals surface area contributed by atoms with E-state index in [-0.39, 0.29) is 25.6 Å². The monoisotopic (exact) mass is 384 g/mol. The summed E-state index contributed by atoms with van der Waals surface area (Å²) in [5.41, 5.74) is 0.814. The average molecular weight is 384 g/mol. The van der Waals surface area contributed by atoms with E-state index >= 15 is 0 Å². The first-order valence-electron chi connectivity index (χ1n) is 9.18. The lowest BCUT2D eigenvalue weighted by molar-refractivity contribution is -0.157. The number of nitrogens with zero attached hydrogens (tertiary/aromatic N) is 1. The number of hydrogen-bond donors (Lipinski definition) is 1. The van der Waals surface area contributed by atoms with Crippen molar-refractivity contribution < 1.29 is 27.5 Å². The van der Waals surface area contributed by atoms with Gasteiger partial charge >= 0.3 is 6.18 Å². The molecule has 1 heterocycles. The van der Waals surface area contributed by atoms with Crippen LogP contribution in [0.1, 0.15) is 37.7 Å². The van der Waals surface area contributed by atoms with Gasteiger partial charge in [0.1, 0.15) is 12.3 Å². The van der Waals surface area contributed by atoms with E-state index in [1.165, 1.54) is 0 Å². The second-order valence-corrected chi connectivity index (χ2v) is 7.14. The highest BCUT2D eigenvalue weighted by Crippen LogP contribution is 2.27. The van der Waals surface area contributed by atoms with E-state index in [0.717, 1.165) is 31.2 Å². The number of ether oxygens (including phenoxy) is 1. The van der Waals surface area contributed by atoms with Gasteiger partial charge in [-0.15, -0.1) is 0 Å². The highest BCUT2D eigenvalue weighted by atomic mass is 19.4. The number of benzene rings is 1. The van der Waals surface area contributed by atoms with Crippen molar-refractivity contribution in [2.75, 3.05) is 13.1 Å². The highest BCUT2D eigenvalue weighted by Gasteiger charge is 2.40. The molecule has 0 radical (unpaired) electrons. The Hall–Kier alpha value is -2.25. The second-order valence-electron chi connectivity index (χ2n) is 7.14. The molecule has 3 rings (SSSR count). The van der Waals surface area contributed by atoms with E-state index in [4.69, 9.17) is 4.74 Å². The minimum absolute atomic E-state index is 0.185. The van der Waals surface area contributed by atoms with Crippen molar-refractivity contribution in [1.29, 1.82) is 0 Å². The number of para-hydroxylation sites is 1. The van der Waals surface area contributed by atoms with Crippen molar-refractivity contribution in [3.63, 3.8) is 0 Å². The fourth-order valence-corrected chi connectivity index (χ4v) is 3.59. The van der Waals surface area contributed by atoms with Crippen LogP contribution in [0.2, 0.25) is 0 Å². The van der Waals surface area contributed by atoms with Crippen molar-refractivity contribution >= 4 is 11.8 Å². The Kier molecular flexibility index (Phi) is 5.92. The Bertz CT molecular complexity index is 687. The number of nitrogens with one attached hydrogen (secondary N) is 1. The summed E-state index contributed by atoms with van der Waals surface area (Å²) >= 11 is 0. The quantitative estimate of drug-likeness (QED) is 0.820. The van der Waals surface area contributed by atoms with E-state index in [2.05, 4.69) is 5.32 Å². The molecular formula is C19H23F3N2O3. The molecule has 148 valence electrons. The number of likely N-dealkylation sites (tertiary alicyclic amines) is 1. The molecule has 27 heavy (non-hydrogen) atoms. The lowest BCUT2D eigenvalue weighted by atomic mass is 10.1. The third kappa shape index (κ3) is 5.37. The Morgan fingerprint density at radius 1 is 1.22 bits per heavy atom. The molecule has 0 bridgehead atoms. The molecule has 2 fully saturated rings. The van der Waals surface area contributed by atoms with Gasteiger partial charge in [0.25, 0.3) is 0 Å². The Morgan fingerprint density at radius 3 is 2.63 bits per heavy atom. The first-order valence-corrected chi connectivity index (χ1v) is 9.18. The van der Waals surface area contributed by atoms with Crippen molar-refractivity contribution in [2.45, 2.75) is 50.9 Å². The molecule has 1 aliphatic carbocycles. The van der Waals surface area contributed by atoms with Crippen LogP contribution in [0.15, 0.2) is 24.3 Å². The minimum atomic E-state index is -4.46. The molecule has 0 aromatic heterocycles. The Morgan fingerprint density at radius 2 is 1.93 bits per heavy atom. The maximum Gasteiger partial charge on any atom is 0.406 e. The van der Waals surface area contributed by atoms with Gasteiger partial charge in [0.15, 0.2) is 0 Å². The maximum atomic E-state index is 12.5. The van der Waals surface area contributed by atoms with Crippen LogP contribution in [-0.2, 0) is 16.1 Å². The first-order chi connectivity index (χ1) is 12.8. The van der Waals surface area contributed by atoms with Gasteiger partial charge in [-0.25, -0.2) is 0 Å². The standard InChI is InChI=1S/C19H23F3N2O3/c20-19(21,22)12-24-11-14(9-17(24)25)18(26)23-10-13-5-1-4-8-16(13)27-15-6-2-3-7-15/h1,4-5,8,14-15H,2-3,6-7,9-12H2,(H,23,26). The van der Waals surface area contributed by atoms with Gasteiger partial charge in [-0.1, -0.05) is 18.2 Å². The molecule has 1 atom stereocenters. The molecule has 2 amide bonds. The second kappa shape index (κ2) is 8.19. The van der Waals surface area contributed by atoms with Crippen LogP contribution < -0.4 is 10.1 Å². The summed E-state index contributed by atoms with van der Waals surface area (Å²) in [6.07, 6.45) is -0.147. The predicted molar refractivity (Wildman–Crippen MR) is 91.9 cm³/mol. The smallest absolute Gasteiger partial charge is 0.406 e. The number of halogens is 3. The van der Waals surface area contributed by atoms with Gasteiger partial charge in [-0.2, -0.15) is 13.2 Å². The van der Waals surface area contributed by atoms with Gasteiger partial charge in [-0.3, -0.25) is 9.59 Å². The van der Waals surface area contributed by atoms with Gasteiger partial charge < -0.3 is 15.0 Å². The van der Waals surface area contributed by atoms with E-state index in [0.29, 0.717) is 10.6 Å². The van der Waals surface area contributed by atoms with Gasteiger partial charge in [0, 0.05) is 25.1 Å². The largest absolute Gasteiger partial charge is 0.490 e. The normalized spacial score (nSPS) is 20.9.